The van der Waals surface area contributed by atoms with Crippen molar-refractivity contribution in [2.24, 2.45) is 17.6 Å². The van der Waals surface area contributed by atoms with Gasteiger partial charge in [0.25, 0.3) is 0 Å². The fraction of sp³-hybridized carbons (Fsp3) is 0.615. The fourth-order valence-corrected chi connectivity index (χ4v) is 3.03. The number of esters is 4. The third-order valence-electron chi connectivity index (χ3n) is 5.84. The summed E-state index contributed by atoms with van der Waals surface area (Å²) in [6, 6.07) is 4.66. The van der Waals surface area contributed by atoms with Crippen molar-refractivity contribution in [2.45, 2.75) is 78.7 Å². The van der Waals surface area contributed by atoms with Crippen LogP contribution in [0.3, 0.4) is 0 Å². The van der Waals surface area contributed by atoms with Gasteiger partial charge in [-0.2, -0.15) is 0 Å². The summed E-state index contributed by atoms with van der Waals surface area (Å²) in [6.07, 6.45) is 2.13. The lowest BCUT2D eigenvalue weighted by Crippen LogP contribution is -2.51. The van der Waals surface area contributed by atoms with Crippen LogP contribution in [-0.2, 0) is 35.1 Å². The van der Waals surface area contributed by atoms with E-state index in [0.717, 1.165) is 0 Å². The number of ether oxygens (including phenoxy) is 4. The molecule has 2 N–H and O–H groups in total. The van der Waals surface area contributed by atoms with Crippen LogP contribution in [0.2, 0.25) is 0 Å². The Labute approximate surface area is 207 Å². The highest BCUT2D eigenvalue weighted by Crippen LogP contribution is 2.32. The monoisotopic (exact) mass is 493 g/mol. The molecule has 1 rings (SSSR count). The lowest BCUT2D eigenvalue weighted by atomic mass is 9.88. The highest BCUT2D eigenvalue weighted by atomic mass is 16.6. The highest BCUT2D eigenvalue weighted by Gasteiger charge is 2.36. The number of carbonyl (C=O) groups is 4. The van der Waals surface area contributed by atoms with E-state index >= 15 is 0 Å². The number of carbonyl (C=O) groups excluding carboxylic acids is 4. The Kier molecular flexibility index (Phi) is 12.4. The van der Waals surface area contributed by atoms with Gasteiger partial charge >= 0.3 is 23.9 Å². The zero-order valence-electron chi connectivity index (χ0n) is 21.7. The molecule has 0 aromatic heterocycles. The molecule has 0 bridgehead atoms. The zero-order chi connectivity index (χ0) is 26.6. The summed E-state index contributed by atoms with van der Waals surface area (Å²) >= 11 is 0. The van der Waals surface area contributed by atoms with Gasteiger partial charge in [-0.1, -0.05) is 40.7 Å². The van der Waals surface area contributed by atoms with Gasteiger partial charge in [-0.3, -0.25) is 19.2 Å². The van der Waals surface area contributed by atoms with Crippen molar-refractivity contribution >= 4 is 23.9 Å². The maximum Gasteiger partial charge on any atom is 0.326 e. The van der Waals surface area contributed by atoms with Crippen LogP contribution in [-0.4, -0.2) is 43.1 Å². The molecule has 1 aromatic rings. The Morgan fingerprint density at radius 2 is 1.51 bits per heavy atom. The second-order valence-electron chi connectivity index (χ2n) is 8.79. The van der Waals surface area contributed by atoms with Crippen LogP contribution in [0.1, 0.15) is 72.3 Å². The molecule has 1 aromatic carbocycles. The SMILES string of the molecule is CCCC(=O)OCC[C@@](N)(Cc1ccc(OC(=O)C(C)CC)c(OC(=O)C(C)CC)c1)C(=O)OC. The van der Waals surface area contributed by atoms with Crippen molar-refractivity contribution in [3.8, 4) is 11.5 Å². The predicted molar refractivity (Wildman–Crippen MR) is 130 cm³/mol. The first-order chi connectivity index (χ1) is 16.5. The van der Waals surface area contributed by atoms with Crippen molar-refractivity contribution in [1.82, 2.24) is 0 Å². The normalized spacial score (nSPS) is 14.3. The van der Waals surface area contributed by atoms with Gasteiger partial charge in [0.1, 0.15) is 5.54 Å². The lowest BCUT2D eigenvalue weighted by molar-refractivity contribution is -0.151. The minimum Gasteiger partial charge on any atom is -0.468 e. The molecule has 2 unspecified atom stereocenters. The molecule has 0 aliphatic heterocycles. The average molecular weight is 494 g/mol. The van der Waals surface area contributed by atoms with E-state index < -0.39 is 23.4 Å². The quantitative estimate of drug-likeness (QED) is 0.304. The second-order valence-corrected chi connectivity index (χ2v) is 8.79. The summed E-state index contributed by atoms with van der Waals surface area (Å²) in [5.41, 5.74) is 5.44. The molecule has 35 heavy (non-hydrogen) atoms. The van der Waals surface area contributed by atoms with Crippen molar-refractivity contribution in [2.75, 3.05) is 13.7 Å². The third kappa shape index (κ3) is 9.32. The largest absolute Gasteiger partial charge is 0.468 e. The molecular weight excluding hydrogens is 454 g/mol. The van der Waals surface area contributed by atoms with E-state index in [0.29, 0.717) is 24.8 Å². The summed E-state index contributed by atoms with van der Waals surface area (Å²) in [6.45, 7) is 9.01. The molecule has 0 fully saturated rings. The highest BCUT2D eigenvalue weighted by molar-refractivity contribution is 5.81. The molecule has 0 heterocycles. The molecule has 9 nitrogen and oxygen atoms in total. The Hall–Kier alpha value is -2.94. The number of rotatable bonds is 14. The van der Waals surface area contributed by atoms with E-state index in [4.69, 9.17) is 24.7 Å². The standard InChI is InChI=1S/C26H39NO8/c1-7-10-22(28)33-14-13-26(27,25(31)32-6)16-19-11-12-20(34-23(29)17(4)8-2)21(15-19)35-24(30)18(5)9-3/h11-12,15,17-18H,7-10,13-14,16,27H2,1-6H3/t17?,18?,26-/m1/s1. The smallest absolute Gasteiger partial charge is 0.326 e. The van der Waals surface area contributed by atoms with Gasteiger partial charge in [0.2, 0.25) is 0 Å². The van der Waals surface area contributed by atoms with E-state index in [-0.39, 0.29) is 55.2 Å². The summed E-state index contributed by atoms with van der Waals surface area (Å²) in [5, 5.41) is 0. The van der Waals surface area contributed by atoms with Gasteiger partial charge in [-0.05, 0) is 37.0 Å². The van der Waals surface area contributed by atoms with Gasteiger partial charge in [0.05, 0.1) is 25.6 Å². The second kappa shape index (κ2) is 14.5. The first-order valence-electron chi connectivity index (χ1n) is 12.1. The molecule has 0 amide bonds. The first-order valence-corrected chi connectivity index (χ1v) is 12.1. The minimum absolute atomic E-state index is 0.0124. The van der Waals surface area contributed by atoms with Crippen molar-refractivity contribution in [1.29, 1.82) is 0 Å². The summed E-state index contributed by atoms with van der Waals surface area (Å²) < 4.78 is 21.1. The van der Waals surface area contributed by atoms with E-state index in [1.807, 2.05) is 20.8 Å². The van der Waals surface area contributed by atoms with Crippen LogP contribution in [0.5, 0.6) is 11.5 Å². The summed E-state index contributed by atoms with van der Waals surface area (Å²) in [4.78, 5) is 49.0. The zero-order valence-corrected chi connectivity index (χ0v) is 21.7. The lowest BCUT2D eigenvalue weighted by Gasteiger charge is -2.27. The van der Waals surface area contributed by atoms with Crippen molar-refractivity contribution in [3.05, 3.63) is 23.8 Å². The molecule has 0 saturated heterocycles. The maximum atomic E-state index is 12.5. The third-order valence-corrected chi connectivity index (χ3v) is 5.84. The number of nitrogens with two attached hydrogens (primary N) is 1. The van der Waals surface area contributed by atoms with Gasteiger partial charge < -0.3 is 24.7 Å². The predicted octanol–water partition coefficient (Wildman–Crippen LogP) is 3.74. The van der Waals surface area contributed by atoms with Gasteiger partial charge in [0, 0.05) is 19.3 Å². The van der Waals surface area contributed by atoms with Crippen LogP contribution < -0.4 is 15.2 Å². The fourth-order valence-electron chi connectivity index (χ4n) is 3.03. The average Bonchev–Trinajstić information content (AvgIpc) is 2.83. The minimum atomic E-state index is -1.49. The van der Waals surface area contributed by atoms with Crippen LogP contribution in [0.25, 0.3) is 0 Å². The Balaban J connectivity index is 3.22. The molecule has 0 aliphatic rings. The topological polar surface area (TPSA) is 131 Å². The molecule has 9 heteroatoms. The molecule has 3 atom stereocenters. The Morgan fingerprint density at radius 3 is 2.03 bits per heavy atom. The molecule has 0 spiro atoms. The number of benzene rings is 1. The van der Waals surface area contributed by atoms with Gasteiger partial charge in [-0.15, -0.1) is 0 Å². The van der Waals surface area contributed by atoms with E-state index in [9.17, 15) is 19.2 Å². The number of methoxy groups -OCH3 is 1. The summed E-state index contributed by atoms with van der Waals surface area (Å²) in [7, 11) is 1.23. The molecule has 196 valence electrons. The van der Waals surface area contributed by atoms with E-state index in [1.165, 1.54) is 19.2 Å². The Morgan fingerprint density at radius 1 is 0.943 bits per heavy atom. The number of hydrogen-bond donors (Lipinski definition) is 1. The van der Waals surface area contributed by atoms with Crippen LogP contribution in [0.4, 0.5) is 0 Å². The summed E-state index contributed by atoms with van der Waals surface area (Å²) in [5.74, 6) is -2.49. The molecule has 0 saturated carbocycles. The van der Waals surface area contributed by atoms with Crippen molar-refractivity contribution in [3.63, 3.8) is 0 Å². The van der Waals surface area contributed by atoms with Gasteiger partial charge in [0.15, 0.2) is 11.5 Å². The van der Waals surface area contributed by atoms with E-state index in [2.05, 4.69) is 0 Å². The Bertz CT molecular complexity index is 884. The van der Waals surface area contributed by atoms with Crippen LogP contribution in [0.15, 0.2) is 18.2 Å². The van der Waals surface area contributed by atoms with E-state index in [1.54, 1.807) is 19.9 Å². The first kappa shape index (κ1) is 30.1. The van der Waals surface area contributed by atoms with Crippen LogP contribution in [0, 0.1) is 11.8 Å². The molecule has 0 radical (unpaired) electrons. The molecule has 0 aliphatic carbocycles. The molecular formula is C26H39NO8. The number of hydrogen-bond acceptors (Lipinski definition) is 9. The maximum absolute atomic E-state index is 12.5. The van der Waals surface area contributed by atoms with Gasteiger partial charge in [-0.25, -0.2) is 0 Å². The van der Waals surface area contributed by atoms with Crippen molar-refractivity contribution < 1.29 is 38.1 Å². The van der Waals surface area contributed by atoms with Crippen LogP contribution >= 0.6 is 0 Å².